The minimum absolute atomic E-state index is 0.171. The molecule has 0 aromatic carbocycles. The highest BCUT2D eigenvalue weighted by Crippen LogP contribution is 2.51. The molecule has 112 valence electrons. The molecule has 0 bridgehead atoms. The summed E-state index contributed by atoms with van der Waals surface area (Å²) in [5.74, 6) is 2.96. The second-order valence-corrected chi connectivity index (χ2v) is 7.09. The van der Waals surface area contributed by atoms with Crippen LogP contribution in [0.2, 0.25) is 0 Å². The summed E-state index contributed by atoms with van der Waals surface area (Å²) in [5.41, 5.74) is 0. The van der Waals surface area contributed by atoms with Gasteiger partial charge in [0.15, 0.2) is 0 Å². The van der Waals surface area contributed by atoms with E-state index in [1.165, 1.54) is 63.9 Å². The molecule has 0 N–H and O–H groups in total. The van der Waals surface area contributed by atoms with Crippen molar-refractivity contribution in [2.24, 2.45) is 23.7 Å². The average molecular weight is 276 g/mol. The predicted molar refractivity (Wildman–Crippen MR) is 80.2 cm³/mol. The maximum atomic E-state index is 11.6. The van der Waals surface area contributed by atoms with Crippen LogP contribution in [0.3, 0.4) is 0 Å². The Kier molecular flexibility index (Phi) is 4.48. The Hall–Kier alpha value is -0.790. The second-order valence-electron chi connectivity index (χ2n) is 7.09. The Morgan fingerprint density at radius 1 is 0.900 bits per heavy atom. The van der Waals surface area contributed by atoms with Crippen molar-refractivity contribution in [1.29, 1.82) is 0 Å². The van der Waals surface area contributed by atoms with Crippen LogP contribution in [0.15, 0.2) is 12.7 Å². The number of hydrogen-bond donors (Lipinski definition) is 0. The Bertz CT molecular complexity index is 362. The smallest absolute Gasteiger partial charge is 0.330 e. The van der Waals surface area contributed by atoms with E-state index >= 15 is 0 Å². The number of ether oxygens (including phenoxy) is 1. The molecule has 5 atom stereocenters. The zero-order valence-corrected chi connectivity index (χ0v) is 12.6. The second kappa shape index (κ2) is 6.32. The van der Waals surface area contributed by atoms with Gasteiger partial charge in [-0.3, -0.25) is 0 Å². The molecular weight excluding hydrogens is 248 g/mol. The summed E-state index contributed by atoms with van der Waals surface area (Å²) < 4.78 is 5.74. The predicted octanol–water partition coefficient (Wildman–Crippen LogP) is 4.49. The van der Waals surface area contributed by atoms with E-state index in [0.29, 0.717) is 5.92 Å². The quantitative estimate of drug-likeness (QED) is 0.548. The van der Waals surface area contributed by atoms with Crippen LogP contribution in [0.4, 0.5) is 0 Å². The lowest BCUT2D eigenvalue weighted by Gasteiger charge is -2.48. The third-order valence-electron chi connectivity index (χ3n) is 6.09. The van der Waals surface area contributed by atoms with Crippen LogP contribution in [-0.4, -0.2) is 12.1 Å². The molecule has 0 aliphatic heterocycles. The van der Waals surface area contributed by atoms with Crippen molar-refractivity contribution in [1.82, 2.24) is 0 Å². The molecule has 0 heterocycles. The zero-order valence-electron chi connectivity index (χ0n) is 12.6. The van der Waals surface area contributed by atoms with Crippen LogP contribution in [0.1, 0.15) is 64.2 Å². The number of esters is 1. The first-order chi connectivity index (χ1) is 9.79. The first kappa shape index (κ1) is 14.2. The molecule has 0 aromatic rings. The van der Waals surface area contributed by atoms with Crippen molar-refractivity contribution < 1.29 is 9.53 Å². The monoisotopic (exact) mass is 276 g/mol. The number of fused-ring (bicyclic) bond motifs is 3. The summed E-state index contributed by atoms with van der Waals surface area (Å²) in [4.78, 5) is 11.6. The molecule has 3 saturated carbocycles. The number of hydrogen-bond acceptors (Lipinski definition) is 2. The molecule has 3 rings (SSSR count). The molecule has 2 nitrogen and oxygen atoms in total. The van der Waals surface area contributed by atoms with Gasteiger partial charge in [0.2, 0.25) is 0 Å². The summed E-state index contributed by atoms with van der Waals surface area (Å²) in [5, 5.41) is 0. The van der Waals surface area contributed by atoms with Gasteiger partial charge in [-0.15, -0.1) is 0 Å². The highest BCUT2D eigenvalue weighted by Gasteiger charge is 2.46. The molecule has 0 amide bonds. The third-order valence-corrected chi connectivity index (χ3v) is 6.09. The fraction of sp³-hybridized carbons (Fsp3) is 0.833. The van der Waals surface area contributed by atoms with Crippen LogP contribution >= 0.6 is 0 Å². The van der Waals surface area contributed by atoms with Gasteiger partial charge in [-0.1, -0.05) is 32.3 Å². The van der Waals surface area contributed by atoms with E-state index in [4.69, 9.17) is 4.74 Å². The van der Waals surface area contributed by atoms with Crippen molar-refractivity contribution in [2.75, 3.05) is 0 Å². The molecule has 0 radical (unpaired) electrons. The topological polar surface area (TPSA) is 26.3 Å². The number of carbonyl (C=O) groups is 1. The van der Waals surface area contributed by atoms with E-state index in [-0.39, 0.29) is 12.1 Å². The number of rotatable bonds is 2. The molecule has 0 saturated heterocycles. The van der Waals surface area contributed by atoms with E-state index in [2.05, 4.69) is 6.58 Å². The molecule has 5 unspecified atom stereocenters. The van der Waals surface area contributed by atoms with Crippen LogP contribution in [0, 0.1) is 23.7 Å². The lowest BCUT2D eigenvalue weighted by molar-refractivity contribution is -0.154. The van der Waals surface area contributed by atoms with Gasteiger partial charge in [-0.25, -0.2) is 4.79 Å². The largest absolute Gasteiger partial charge is 0.459 e. The SMILES string of the molecule is C=CC(=O)OC1CCCC2CCC3CCCCCC3C21. The molecular formula is C18H28O2. The fourth-order valence-corrected chi connectivity index (χ4v) is 5.27. The van der Waals surface area contributed by atoms with Crippen molar-refractivity contribution in [3.05, 3.63) is 12.7 Å². The zero-order chi connectivity index (χ0) is 13.9. The van der Waals surface area contributed by atoms with Crippen LogP contribution in [0.25, 0.3) is 0 Å². The normalized spacial score (nSPS) is 40.9. The molecule has 0 aromatic heterocycles. The highest BCUT2D eigenvalue weighted by atomic mass is 16.5. The van der Waals surface area contributed by atoms with E-state index in [1.54, 1.807) is 0 Å². The Morgan fingerprint density at radius 2 is 1.65 bits per heavy atom. The van der Waals surface area contributed by atoms with Gasteiger partial charge in [-0.2, -0.15) is 0 Å². The van der Waals surface area contributed by atoms with Crippen LogP contribution in [-0.2, 0) is 9.53 Å². The van der Waals surface area contributed by atoms with Crippen molar-refractivity contribution in [3.63, 3.8) is 0 Å². The van der Waals surface area contributed by atoms with E-state index in [1.807, 2.05) is 0 Å². The third kappa shape index (κ3) is 2.80. The van der Waals surface area contributed by atoms with E-state index in [9.17, 15) is 4.79 Å². The highest BCUT2D eigenvalue weighted by molar-refractivity contribution is 5.81. The fourth-order valence-electron chi connectivity index (χ4n) is 5.27. The summed E-state index contributed by atoms with van der Waals surface area (Å²) in [6, 6.07) is 0. The number of carbonyl (C=O) groups excluding carboxylic acids is 1. The molecule has 20 heavy (non-hydrogen) atoms. The summed E-state index contributed by atoms with van der Waals surface area (Å²) >= 11 is 0. The van der Waals surface area contributed by atoms with Crippen molar-refractivity contribution in [3.8, 4) is 0 Å². The van der Waals surface area contributed by atoms with Gasteiger partial charge in [0.25, 0.3) is 0 Å². The first-order valence-corrected chi connectivity index (χ1v) is 8.62. The Morgan fingerprint density at radius 3 is 2.50 bits per heavy atom. The Balaban J connectivity index is 1.77. The lowest BCUT2D eigenvalue weighted by atomic mass is 9.59. The molecule has 2 heteroatoms. The standard InChI is InChI=1S/C18H28O2/c1-2-17(19)20-16-10-6-8-14-12-11-13-7-4-3-5-9-15(13)18(14)16/h2,13-16,18H,1,3-12H2. The van der Waals surface area contributed by atoms with E-state index in [0.717, 1.165) is 24.2 Å². The van der Waals surface area contributed by atoms with Crippen molar-refractivity contribution >= 4 is 5.97 Å². The summed E-state index contributed by atoms with van der Waals surface area (Å²) in [6.45, 7) is 3.55. The minimum Gasteiger partial charge on any atom is -0.459 e. The van der Waals surface area contributed by atoms with Gasteiger partial charge in [0.1, 0.15) is 6.10 Å². The first-order valence-electron chi connectivity index (χ1n) is 8.62. The van der Waals surface area contributed by atoms with Crippen LogP contribution in [0.5, 0.6) is 0 Å². The average Bonchev–Trinajstić information content (AvgIpc) is 2.72. The Labute approximate surface area is 123 Å². The molecule has 3 aliphatic carbocycles. The summed E-state index contributed by atoms with van der Waals surface area (Å²) in [7, 11) is 0. The lowest BCUT2D eigenvalue weighted by Crippen LogP contribution is -2.45. The molecule has 3 fully saturated rings. The summed E-state index contributed by atoms with van der Waals surface area (Å²) in [6.07, 6.45) is 14.9. The van der Waals surface area contributed by atoms with Gasteiger partial charge >= 0.3 is 5.97 Å². The van der Waals surface area contributed by atoms with Crippen molar-refractivity contribution in [2.45, 2.75) is 70.3 Å². The maximum absolute atomic E-state index is 11.6. The maximum Gasteiger partial charge on any atom is 0.330 e. The van der Waals surface area contributed by atoms with Gasteiger partial charge in [0.05, 0.1) is 0 Å². The minimum atomic E-state index is -0.216. The van der Waals surface area contributed by atoms with Gasteiger partial charge in [0, 0.05) is 12.0 Å². The van der Waals surface area contributed by atoms with Gasteiger partial charge in [-0.05, 0) is 56.3 Å². The molecule has 0 spiro atoms. The van der Waals surface area contributed by atoms with Gasteiger partial charge < -0.3 is 4.74 Å². The van der Waals surface area contributed by atoms with Crippen LogP contribution < -0.4 is 0 Å². The molecule has 3 aliphatic rings. The van der Waals surface area contributed by atoms with E-state index < -0.39 is 0 Å².